The molecule has 0 aliphatic heterocycles. The number of hydrogen-bond acceptors (Lipinski definition) is 4. The summed E-state index contributed by atoms with van der Waals surface area (Å²) in [5.74, 6) is 0. The van der Waals surface area contributed by atoms with Crippen LogP contribution in [0.3, 0.4) is 0 Å². The second-order valence-corrected chi connectivity index (χ2v) is 8.06. The van der Waals surface area contributed by atoms with E-state index in [4.69, 9.17) is 22.2 Å². The van der Waals surface area contributed by atoms with Crippen LogP contribution in [0.2, 0.25) is 0 Å². The van der Waals surface area contributed by atoms with E-state index in [-0.39, 0.29) is 0 Å². The Morgan fingerprint density at radius 2 is 1.54 bits per heavy atom. The summed E-state index contributed by atoms with van der Waals surface area (Å²) in [5.41, 5.74) is 5.86. The molecule has 5 aromatic rings. The Hall–Kier alpha value is -3.09. The first-order chi connectivity index (χ1) is 13.7. The second-order valence-electron chi connectivity index (χ2n) is 6.62. The molecule has 0 aliphatic rings. The molecule has 0 aliphatic carbocycles. The van der Waals surface area contributed by atoms with E-state index in [1.165, 1.54) is 5.56 Å². The molecule has 28 heavy (non-hydrogen) atoms. The molecular weight excluding hydrogens is 384 g/mol. The average Bonchev–Trinajstić information content (AvgIpc) is 3.05. The topological polar surface area (TPSA) is 49.8 Å². The summed E-state index contributed by atoms with van der Waals surface area (Å²) in [7, 11) is 0. The first-order valence-electron chi connectivity index (χ1n) is 8.89. The summed E-state index contributed by atoms with van der Waals surface area (Å²) < 4.78 is 1.16. The predicted octanol–water partition coefficient (Wildman–Crippen LogP) is 6.12. The minimum absolute atomic E-state index is 0.555. The largest absolute Gasteiger partial charge is 0.332 e. The fourth-order valence-corrected chi connectivity index (χ4v) is 4.39. The van der Waals surface area contributed by atoms with Crippen LogP contribution in [0.4, 0.5) is 11.4 Å². The van der Waals surface area contributed by atoms with Gasteiger partial charge in [0.05, 0.1) is 11.0 Å². The van der Waals surface area contributed by atoms with Gasteiger partial charge in [-0.3, -0.25) is 0 Å². The lowest BCUT2D eigenvalue weighted by Crippen LogP contribution is -2.18. The number of thiocarbonyl (C=S) groups is 1. The maximum Gasteiger partial charge on any atom is 0.175 e. The lowest BCUT2D eigenvalue weighted by Gasteiger charge is -2.11. The summed E-state index contributed by atoms with van der Waals surface area (Å²) in [6.45, 7) is 2.06. The number of thiophene rings is 1. The maximum atomic E-state index is 5.46. The number of anilines is 2. The van der Waals surface area contributed by atoms with E-state index >= 15 is 0 Å². The lowest BCUT2D eigenvalue weighted by atomic mass is 10.2. The Morgan fingerprint density at radius 1 is 0.857 bits per heavy atom. The van der Waals surface area contributed by atoms with Crippen molar-refractivity contribution in [1.82, 2.24) is 9.97 Å². The van der Waals surface area contributed by atoms with Crippen molar-refractivity contribution in [3.63, 3.8) is 0 Å². The van der Waals surface area contributed by atoms with Crippen molar-refractivity contribution in [3.8, 4) is 0 Å². The standard InChI is InChI=1S/C22H16N4S2/c1-13-6-8-14(9-7-13)23-22(27)24-15-10-11-19-16(12-15)20-21(28-19)26-18-5-3-2-4-17(18)25-20/h2-12H,1H3,(H2,23,24,27). The van der Waals surface area contributed by atoms with E-state index < -0.39 is 0 Å². The molecule has 0 saturated carbocycles. The van der Waals surface area contributed by atoms with E-state index in [1.54, 1.807) is 11.3 Å². The van der Waals surface area contributed by atoms with Crippen LogP contribution in [0.25, 0.3) is 31.5 Å². The normalized spacial score (nSPS) is 11.2. The summed E-state index contributed by atoms with van der Waals surface area (Å²) in [5, 5.41) is 8.12. The third-order valence-corrected chi connectivity index (χ3v) is 5.81. The zero-order chi connectivity index (χ0) is 19.1. The molecule has 0 radical (unpaired) electrons. The summed E-state index contributed by atoms with van der Waals surface area (Å²) in [4.78, 5) is 10.5. The molecule has 5 rings (SSSR count). The lowest BCUT2D eigenvalue weighted by molar-refractivity contribution is 1.43. The van der Waals surface area contributed by atoms with Gasteiger partial charge in [-0.05, 0) is 61.6 Å². The number of aromatic nitrogens is 2. The van der Waals surface area contributed by atoms with Gasteiger partial charge in [-0.25, -0.2) is 9.97 Å². The number of para-hydroxylation sites is 2. The molecule has 0 unspecified atom stereocenters. The third-order valence-electron chi connectivity index (χ3n) is 4.55. The van der Waals surface area contributed by atoms with Crippen LogP contribution in [0, 0.1) is 6.92 Å². The van der Waals surface area contributed by atoms with E-state index in [9.17, 15) is 0 Å². The van der Waals surface area contributed by atoms with Crippen LogP contribution in [0.15, 0.2) is 66.7 Å². The fourth-order valence-electron chi connectivity index (χ4n) is 3.15. The number of rotatable bonds is 2. The Labute approximate surface area is 171 Å². The quantitative estimate of drug-likeness (QED) is 0.350. The van der Waals surface area contributed by atoms with Crippen LogP contribution in [0.1, 0.15) is 5.56 Å². The van der Waals surface area contributed by atoms with Crippen molar-refractivity contribution in [2.75, 3.05) is 10.6 Å². The van der Waals surface area contributed by atoms with Gasteiger partial charge in [-0.1, -0.05) is 29.8 Å². The van der Waals surface area contributed by atoms with Gasteiger partial charge in [0.15, 0.2) is 5.11 Å². The van der Waals surface area contributed by atoms with Gasteiger partial charge in [-0.15, -0.1) is 11.3 Å². The zero-order valence-electron chi connectivity index (χ0n) is 15.1. The van der Waals surface area contributed by atoms with E-state index in [0.717, 1.165) is 42.8 Å². The smallest absolute Gasteiger partial charge is 0.175 e. The van der Waals surface area contributed by atoms with Gasteiger partial charge in [0.25, 0.3) is 0 Å². The number of aryl methyl sites for hydroxylation is 1. The van der Waals surface area contributed by atoms with Gasteiger partial charge >= 0.3 is 0 Å². The molecule has 0 saturated heterocycles. The Kier molecular flexibility index (Phi) is 4.15. The molecule has 0 fully saturated rings. The number of benzene rings is 3. The van der Waals surface area contributed by atoms with Crippen LogP contribution < -0.4 is 10.6 Å². The second kappa shape index (κ2) is 6.82. The van der Waals surface area contributed by atoms with Crippen LogP contribution in [-0.4, -0.2) is 15.1 Å². The van der Waals surface area contributed by atoms with Crippen molar-refractivity contribution >= 4 is 71.5 Å². The molecular formula is C22H16N4S2. The molecule has 0 amide bonds. The molecule has 3 aromatic carbocycles. The van der Waals surface area contributed by atoms with Gasteiger partial charge < -0.3 is 10.6 Å². The predicted molar refractivity (Wildman–Crippen MR) is 123 cm³/mol. The van der Waals surface area contributed by atoms with Crippen molar-refractivity contribution in [2.24, 2.45) is 0 Å². The summed E-state index contributed by atoms with van der Waals surface area (Å²) in [6.07, 6.45) is 0. The van der Waals surface area contributed by atoms with Crippen LogP contribution in [-0.2, 0) is 0 Å². The number of nitrogens with zero attached hydrogens (tertiary/aromatic N) is 2. The number of nitrogens with one attached hydrogen (secondary N) is 2. The Morgan fingerprint density at radius 3 is 2.32 bits per heavy atom. The SMILES string of the molecule is Cc1ccc(NC(=S)Nc2ccc3sc4nc5ccccc5nc4c3c2)cc1. The Balaban J connectivity index is 1.48. The maximum absolute atomic E-state index is 5.46. The monoisotopic (exact) mass is 400 g/mol. The van der Waals surface area contributed by atoms with E-state index in [1.807, 2.05) is 42.5 Å². The fraction of sp³-hybridized carbons (Fsp3) is 0.0455. The zero-order valence-corrected chi connectivity index (χ0v) is 16.7. The minimum atomic E-state index is 0.555. The van der Waals surface area contributed by atoms with Crippen molar-refractivity contribution in [2.45, 2.75) is 6.92 Å². The van der Waals surface area contributed by atoms with Gasteiger partial charge in [-0.2, -0.15) is 0 Å². The van der Waals surface area contributed by atoms with Crippen molar-refractivity contribution < 1.29 is 0 Å². The van der Waals surface area contributed by atoms with Crippen LogP contribution >= 0.6 is 23.6 Å². The van der Waals surface area contributed by atoms with E-state index in [0.29, 0.717) is 5.11 Å². The van der Waals surface area contributed by atoms with Crippen molar-refractivity contribution in [3.05, 3.63) is 72.3 Å². The highest BCUT2D eigenvalue weighted by Gasteiger charge is 2.10. The first kappa shape index (κ1) is 17.0. The molecule has 136 valence electrons. The van der Waals surface area contributed by atoms with Gasteiger partial charge in [0.1, 0.15) is 10.3 Å². The molecule has 0 bridgehead atoms. The molecule has 0 spiro atoms. The molecule has 4 nitrogen and oxygen atoms in total. The van der Waals surface area contributed by atoms with Gasteiger partial charge in [0, 0.05) is 21.5 Å². The highest BCUT2D eigenvalue weighted by molar-refractivity contribution is 7.80. The number of fused-ring (bicyclic) bond motifs is 4. The molecule has 6 heteroatoms. The molecule has 2 heterocycles. The molecule has 0 atom stereocenters. The third kappa shape index (κ3) is 3.17. The minimum Gasteiger partial charge on any atom is -0.332 e. The highest BCUT2D eigenvalue weighted by atomic mass is 32.1. The highest BCUT2D eigenvalue weighted by Crippen LogP contribution is 2.34. The van der Waals surface area contributed by atoms with E-state index in [2.05, 4.69) is 41.8 Å². The summed E-state index contributed by atoms with van der Waals surface area (Å²) in [6, 6.07) is 22.3. The average molecular weight is 401 g/mol. The number of hydrogen-bond donors (Lipinski definition) is 2. The Bertz CT molecular complexity index is 1340. The molecule has 2 aromatic heterocycles. The van der Waals surface area contributed by atoms with Gasteiger partial charge in [0.2, 0.25) is 0 Å². The first-order valence-corrected chi connectivity index (χ1v) is 10.1. The summed E-state index contributed by atoms with van der Waals surface area (Å²) >= 11 is 7.12. The van der Waals surface area contributed by atoms with Crippen molar-refractivity contribution in [1.29, 1.82) is 0 Å². The molecule has 2 N–H and O–H groups in total. The van der Waals surface area contributed by atoms with Crippen LogP contribution in [0.5, 0.6) is 0 Å².